The third-order valence-corrected chi connectivity index (χ3v) is 6.94. The molecule has 9 nitrogen and oxygen atoms in total. The molecule has 0 bridgehead atoms. The molecule has 0 unspecified atom stereocenters. The van der Waals surface area contributed by atoms with Crippen LogP contribution in [0.3, 0.4) is 0 Å². The summed E-state index contributed by atoms with van der Waals surface area (Å²) in [5, 5.41) is 13.8. The van der Waals surface area contributed by atoms with Gasteiger partial charge < -0.3 is 14.5 Å². The van der Waals surface area contributed by atoms with Crippen LogP contribution in [-0.2, 0) is 12.1 Å². The van der Waals surface area contributed by atoms with E-state index >= 15 is 0 Å². The van der Waals surface area contributed by atoms with Crippen molar-refractivity contribution >= 4 is 10.9 Å². The van der Waals surface area contributed by atoms with E-state index in [1.807, 2.05) is 22.9 Å². The number of aromatic nitrogens is 5. The van der Waals surface area contributed by atoms with Crippen LogP contribution in [0.2, 0.25) is 0 Å². The van der Waals surface area contributed by atoms with Gasteiger partial charge in [0.15, 0.2) is 17.3 Å². The summed E-state index contributed by atoms with van der Waals surface area (Å²) in [6, 6.07) is 6.14. The Morgan fingerprint density at radius 3 is 2.53 bits per heavy atom. The van der Waals surface area contributed by atoms with Gasteiger partial charge >= 0.3 is 0 Å². The van der Waals surface area contributed by atoms with Crippen molar-refractivity contribution < 1.29 is 9.47 Å². The molecule has 5 rings (SSSR count). The molecule has 1 aliphatic carbocycles. The van der Waals surface area contributed by atoms with Crippen LogP contribution in [0.5, 0.6) is 11.5 Å². The lowest BCUT2D eigenvalue weighted by molar-refractivity contribution is 0.0802. The van der Waals surface area contributed by atoms with E-state index in [0.29, 0.717) is 24.1 Å². The van der Waals surface area contributed by atoms with Crippen molar-refractivity contribution in [2.24, 2.45) is 5.92 Å². The fourth-order valence-corrected chi connectivity index (χ4v) is 5.33. The number of fused-ring (bicyclic) bond motifs is 2. The molecule has 0 saturated heterocycles. The van der Waals surface area contributed by atoms with Gasteiger partial charge in [0.2, 0.25) is 6.79 Å². The first kappa shape index (κ1) is 22.8. The number of H-pyrrole nitrogens is 1. The zero-order valence-electron chi connectivity index (χ0n) is 20.7. The van der Waals surface area contributed by atoms with Gasteiger partial charge in [0.25, 0.3) is 5.56 Å². The normalized spacial score (nSPS) is 17.4. The van der Waals surface area contributed by atoms with Crippen molar-refractivity contribution in [2.45, 2.75) is 84.5 Å². The van der Waals surface area contributed by atoms with Crippen molar-refractivity contribution in [3.63, 3.8) is 0 Å². The van der Waals surface area contributed by atoms with E-state index in [9.17, 15) is 4.79 Å². The maximum Gasteiger partial charge on any atom is 0.252 e. The average Bonchev–Trinajstić information content (AvgIpc) is 3.52. The third-order valence-electron chi connectivity index (χ3n) is 6.94. The first-order valence-electron chi connectivity index (χ1n) is 12.2. The Kier molecular flexibility index (Phi) is 5.83. The topological polar surface area (TPSA) is 98.2 Å². The van der Waals surface area contributed by atoms with Crippen LogP contribution in [0.15, 0.2) is 23.0 Å². The first-order valence-corrected chi connectivity index (χ1v) is 12.2. The Hall–Kier alpha value is -2.94. The molecule has 1 aliphatic heterocycles. The van der Waals surface area contributed by atoms with Gasteiger partial charge in [0.1, 0.15) is 0 Å². The number of nitrogens with one attached hydrogen (secondary N) is 1. The van der Waals surface area contributed by atoms with Crippen LogP contribution in [-0.4, -0.2) is 42.9 Å². The molecular weight excluding hydrogens is 432 g/mol. The second-order valence-electron chi connectivity index (χ2n) is 10.8. The van der Waals surface area contributed by atoms with Gasteiger partial charge in [0.05, 0.1) is 17.1 Å². The van der Waals surface area contributed by atoms with E-state index in [2.05, 4.69) is 60.0 Å². The van der Waals surface area contributed by atoms with E-state index < -0.39 is 0 Å². The molecule has 2 aromatic heterocycles. The van der Waals surface area contributed by atoms with E-state index in [-0.39, 0.29) is 29.9 Å². The van der Waals surface area contributed by atoms with E-state index in [1.165, 1.54) is 12.8 Å². The zero-order chi connectivity index (χ0) is 24.0. The number of hydrogen-bond acceptors (Lipinski definition) is 7. The molecule has 0 spiro atoms. The van der Waals surface area contributed by atoms with Crippen LogP contribution < -0.4 is 15.0 Å². The second-order valence-corrected chi connectivity index (χ2v) is 10.8. The number of benzene rings is 1. The third kappa shape index (κ3) is 4.17. The molecular formula is C25H34N6O3. The minimum atomic E-state index is -0.240. The Labute approximate surface area is 199 Å². The molecule has 2 aliphatic rings. The van der Waals surface area contributed by atoms with Gasteiger partial charge in [-0.2, -0.15) is 0 Å². The molecule has 0 radical (unpaired) electrons. The lowest BCUT2D eigenvalue weighted by Crippen LogP contribution is -2.42. The number of rotatable bonds is 6. The van der Waals surface area contributed by atoms with Gasteiger partial charge in [-0.05, 0) is 62.1 Å². The highest BCUT2D eigenvalue weighted by Gasteiger charge is 2.37. The summed E-state index contributed by atoms with van der Waals surface area (Å²) in [5.41, 5.74) is 1.17. The molecule has 9 heteroatoms. The number of hydrogen-bond donors (Lipinski definition) is 1. The Bertz CT molecular complexity index is 1240. The maximum atomic E-state index is 13.2. The summed E-state index contributed by atoms with van der Waals surface area (Å²) >= 11 is 0. The zero-order valence-corrected chi connectivity index (χ0v) is 20.7. The summed E-state index contributed by atoms with van der Waals surface area (Å²) in [6.07, 6.45) is 4.64. The fourth-order valence-electron chi connectivity index (χ4n) is 5.33. The molecule has 0 amide bonds. The highest BCUT2D eigenvalue weighted by atomic mass is 16.7. The monoisotopic (exact) mass is 466 g/mol. The Morgan fingerprint density at radius 1 is 1.15 bits per heavy atom. The molecule has 1 N–H and O–H groups in total. The first-order chi connectivity index (χ1) is 16.2. The van der Waals surface area contributed by atoms with Crippen molar-refractivity contribution in [3.05, 3.63) is 39.9 Å². The van der Waals surface area contributed by atoms with Crippen LogP contribution in [0, 0.1) is 5.92 Å². The largest absolute Gasteiger partial charge is 0.454 e. The van der Waals surface area contributed by atoms with Crippen molar-refractivity contribution in [1.29, 1.82) is 0 Å². The summed E-state index contributed by atoms with van der Waals surface area (Å²) in [5.74, 6) is 2.50. The van der Waals surface area contributed by atoms with E-state index in [0.717, 1.165) is 35.1 Å². The minimum Gasteiger partial charge on any atom is -0.454 e. The van der Waals surface area contributed by atoms with Crippen molar-refractivity contribution in [1.82, 2.24) is 30.1 Å². The highest BCUT2D eigenvalue weighted by molar-refractivity contribution is 5.83. The molecule has 34 heavy (non-hydrogen) atoms. The van der Waals surface area contributed by atoms with Crippen LogP contribution >= 0.6 is 0 Å². The smallest absolute Gasteiger partial charge is 0.252 e. The van der Waals surface area contributed by atoms with Gasteiger partial charge in [-0.1, -0.05) is 26.7 Å². The molecule has 3 heterocycles. The van der Waals surface area contributed by atoms with Gasteiger partial charge in [-0.3, -0.25) is 9.69 Å². The van der Waals surface area contributed by atoms with Gasteiger partial charge in [0, 0.05) is 29.6 Å². The van der Waals surface area contributed by atoms with Crippen LogP contribution in [0.1, 0.15) is 77.7 Å². The Balaban J connectivity index is 1.57. The average molecular weight is 467 g/mol. The quantitative estimate of drug-likeness (QED) is 0.583. The number of tetrazole rings is 1. The molecule has 3 aromatic rings. The summed E-state index contributed by atoms with van der Waals surface area (Å²) < 4.78 is 13.0. The molecule has 1 fully saturated rings. The SMILES string of the molecule is CC(C)[C@H](c1nnnn1C(C)(C)C)N(Cc1cc2cc3c(cc2[nH]c1=O)OCO3)C1CCCC1. The molecule has 182 valence electrons. The van der Waals surface area contributed by atoms with Crippen LogP contribution in [0.4, 0.5) is 0 Å². The number of ether oxygens (including phenoxy) is 2. The predicted octanol–water partition coefficient (Wildman–Crippen LogP) is 4.14. The summed E-state index contributed by atoms with van der Waals surface area (Å²) in [6.45, 7) is 11.5. The number of aromatic amines is 1. The summed E-state index contributed by atoms with van der Waals surface area (Å²) in [4.78, 5) is 18.7. The maximum absolute atomic E-state index is 13.2. The Morgan fingerprint density at radius 2 is 1.85 bits per heavy atom. The minimum absolute atomic E-state index is 0.0100. The van der Waals surface area contributed by atoms with E-state index in [4.69, 9.17) is 9.47 Å². The fraction of sp³-hybridized carbons (Fsp3) is 0.600. The lowest BCUT2D eigenvalue weighted by atomic mass is 9.96. The highest BCUT2D eigenvalue weighted by Crippen LogP contribution is 2.38. The van der Waals surface area contributed by atoms with Crippen LogP contribution in [0.25, 0.3) is 10.9 Å². The second kappa shape index (κ2) is 8.69. The molecule has 1 saturated carbocycles. The standard InChI is InChI=1S/C25H34N6O3/c1-15(2)22(23-27-28-29-31(23)25(3,4)5)30(18-8-6-7-9-18)13-17-10-16-11-20-21(34-14-33-20)12-19(16)26-24(17)32/h10-12,15,18,22H,6-9,13-14H2,1-5H3,(H,26,32)/t22-/m1/s1. The van der Waals surface area contributed by atoms with Gasteiger partial charge in [-0.15, -0.1) is 5.10 Å². The van der Waals surface area contributed by atoms with Crippen molar-refractivity contribution in [3.8, 4) is 11.5 Å². The summed E-state index contributed by atoms with van der Waals surface area (Å²) in [7, 11) is 0. The van der Waals surface area contributed by atoms with Crippen molar-refractivity contribution in [2.75, 3.05) is 6.79 Å². The lowest BCUT2D eigenvalue weighted by Gasteiger charge is -2.39. The molecule has 1 atom stereocenters. The predicted molar refractivity (Wildman–Crippen MR) is 129 cm³/mol. The molecule has 1 aromatic carbocycles. The van der Waals surface area contributed by atoms with E-state index in [1.54, 1.807) is 0 Å². The van der Waals surface area contributed by atoms with Gasteiger partial charge in [-0.25, -0.2) is 4.68 Å². The number of nitrogens with zero attached hydrogens (tertiary/aromatic N) is 5. The number of pyridine rings is 1.